The number of hydrogen-bond acceptors (Lipinski definition) is 2. The summed E-state index contributed by atoms with van der Waals surface area (Å²) < 4.78 is 6.41. The molecule has 0 aromatic carbocycles. The molecule has 12 heavy (non-hydrogen) atoms. The van der Waals surface area contributed by atoms with Gasteiger partial charge in [-0.1, -0.05) is 0 Å². The molecule has 0 unspecified atom stereocenters. The van der Waals surface area contributed by atoms with Crippen LogP contribution in [0.1, 0.15) is 19.4 Å². The molecule has 1 aromatic rings. The lowest BCUT2D eigenvalue weighted by Crippen LogP contribution is -2.02. The van der Waals surface area contributed by atoms with Gasteiger partial charge >= 0.3 is 0 Å². The minimum absolute atomic E-state index is 0.268. The maximum absolute atomic E-state index is 5.42. The highest BCUT2D eigenvalue weighted by Gasteiger charge is 1.96. The average Bonchev–Trinajstić information content (AvgIpc) is 2.01. The van der Waals surface area contributed by atoms with Crippen LogP contribution in [0, 0.1) is 0 Å². The van der Waals surface area contributed by atoms with Crippen LogP contribution in [0.25, 0.3) is 0 Å². The molecule has 2 nitrogen and oxygen atoms in total. The van der Waals surface area contributed by atoms with Gasteiger partial charge in [0, 0.05) is 16.9 Å². The first-order chi connectivity index (χ1) is 5.68. The van der Waals surface area contributed by atoms with Gasteiger partial charge < -0.3 is 4.74 Å². The van der Waals surface area contributed by atoms with Gasteiger partial charge in [-0.3, -0.25) is 4.98 Å². The van der Waals surface area contributed by atoms with Crippen LogP contribution in [0.3, 0.4) is 0 Å². The van der Waals surface area contributed by atoms with Gasteiger partial charge in [0.05, 0.1) is 12.7 Å². The third-order valence-corrected chi connectivity index (χ3v) is 1.78. The molecule has 0 fully saturated rings. The van der Waals surface area contributed by atoms with Crippen LogP contribution in [0.2, 0.25) is 0 Å². The molecule has 0 aliphatic heterocycles. The number of hydrogen-bond donors (Lipinski definition) is 0. The van der Waals surface area contributed by atoms with Crippen LogP contribution in [0.5, 0.6) is 0 Å². The number of halogens is 1. The summed E-state index contributed by atoms with van der Waals surface area (Å²) in [5, 5.41) is 0. The van der Waals surface area contributed by atoms with E-state index in [1.54, 1.807) is 6.20 Å². The zero-order valence-corrected chi connectivity index (χ0v) is 8.84. The summed E-state index contributed by atoms with van der Waals surface area (Å²) in [5.41, 5.74) is 1.10. The van der Waals surface area contributed by atoms with Crippen LogP contribution < -0.4 is 0 Å². The second kappa shape index (κ2) is 4.58. The molecule has 0 bridgehead atoms. The minimum atomic E-state index is 0.268. The number of rotatable bonds is 3. The molecule has 1 aromatic heterocycles. The summed E-state index contributed by atoms with van der Waals surface area (Å²) >= 11 is 3.35. The lowest BCUT2D eigenvalue weighted by molar-refractivity contribution is 0.0655. The quantitative estimate of drug-likeness (QED) is 0.796. The second-order valence-electron chi connectivity index (χ2n) is 2.87. The van der Waals surface area contributed by atoms with E-state index < -0.39 is 0 Å². The Labute approximate surface area is 81.1 Å². The molecule has 0 aliphatic carbocycles. The highest BCUT2D eigenvalue weighted by Crippen LogP contribution is 2.10. The van der Waals surface area contributed by atoms with Crippen molar-refractivity contribution in [3.63, 3.8) is 0 Å². The molecule has 3 heteroatoms. The standard InChI is InChI=1S/C9H12BrNO/c1-7(2)12-6-8-3-9(10)5-11-4-8/h3-5,7H,6H2,1-2H3. The fourth-order valence-electron chi connectivity index (χ4n) is 0.798. The molecule has 0 radical (unpaired) electrons. The Hall–Kier alpha value is -0.410. The van der Waals surface area contributed by atoms with E-state index in [9.17, 15) is 0 Å². The lowest BCUT2D eigenvalue weighted by atomic mass is 10.3. The minimum Gasteiger partial charge on any atom is -0.374 e. The van der Waals surface area contributed by atoms with Gasteiger partial charge in [-0.15, -0.1) is 0 Å². The fourth-order valence-corrected chi connectivity index (χ4v) is 1.21. The third kappa shape index (κ3) is 3.32. The Morgan fingerprint density at radius 3 is 2.83 bits per heavy atom. The van der Waals surface area contributed by atoms with E-state index in [0.29, 0.717) is 6.61 Å². The number of aromatic nitrogens is 1. The van der Waals surface area contributed by atoms with Gasteiger partial charge in [0.25, 0.3) is 0 Å². The van der Waals surface area contributed by atoms with Crippen molar-refractivity contribution in [1.29, 1.82) is 0 Å². The number of nitrogens with zero attached hydrogens (tertiary/aromatic N) is 1. The first-order valence-electron chi connectivity index (χ1n) is 3.89. The Balaban J connectivity index is 2.52. The fraction of sp³-hybridized carbons (Fsp3) is 0.444. The Morgan fingerprint density at radius 2 is 2.25 bits per heavy atom. The van der Waals surface area contributed by atoms with E-state index in [-0.39, 0.29) is 6.10 Å². The zero-order chi connectivity index (χ0) is 8.97. The molecule has 66 valence electrons. The number of pyridine rings is 1. The van der Waals surface area contributed by atoms with Crippen molar-refractivity contribution in [3.05, 3.63) is 28.5 Å². The molecule has 0 spiro atoms. The third-order valence-electron chi connectivity index (χ3n) is 1.34. The van der Waals surface area contributed by atoms with E-state index >= 15 is 0 Å². The van der Waals surface area contributed by atoms with Crippen molar-refractivity contribution >= 4 is 15.9 Å². The molecular formula is C9H12BrNO. The maximum Gasteiger partial charge on any atom is 0.0735 e. The maximum atomic E-state index is 5.42. The SMILES string of the molecule is CC(C)OCc1cncc(Br)c1. The first-order valence-corrected chi connectivity index (χ1v) is 4.69. The highest BCUT2D eigenvalue weighted by molar-refractivity contribution is 9.10. The molecule has 0 amide bonds. The van der Waals surface area contributed by atoms with Crippen LogP contribution in [0.15, 0.2) is 22.9 Å². The lowest BCUT2D eigenvalue weighted by Gasteiger charge is -2.06. The van der Waals surface area contributed by atoms with Gasteiger partial charge in [0.15, 0.2) is 0 Å². The molecule has 1 rings (SSSR count). The van der Waals surface area contributed by atoms with Crippen molar-refractivity contribution in [2.75, 3.05) is 0 Å². The predicted octanol–water partition coefficient (Wildman–Crippen LogP) is 2.77. The molecule has 0 N–H and O–H groups in total. The summed E-state index contributed by atoms with van der Waals surface area (Å²) in [6.07, 6.45) is 3.84. The van der Waals surface area contributed by atoms with E-state index in [1.807, 2.05) is 26.1 Å². The predicted molar refractivity (Wildman–Crippen MR) is 51.9 cm³/mol. The molecular weight excluding hydrogens is 218 g/mol. The van der Waals surface area contributed by atoms with Gasteiger partial charge in [0.2, 0.25) is 0 Å². The number of ether oxygens (including phenoxy) is 1. The van der Waals surface area contributed by atoms with Gasteiger partial charge in [-0.2, -0.15) is 0 Å². The van der Waals surface area contributed by atoms with Crippen LogP contribution >= 0.6 is 15.9 Å². The molecule has 0 saturated carbocycles. The van der Waals surface area contributed by atoms with Gasteiger partial charge in [-0.05, 0) is 41.4 Å². The molecule has 0 saturated heterocycles. The van der Waals surface area contributed by atoms with Crippen LogP contribution in [-0.4, -0.2) is 11.1 Å². The summed E-state index contributed by atoms with van der Waals surface area (Å²) in [6, 6.07) is 2.01. The Bertz CT molecular complexity index is 250. The topological polar surface area (TPSA) is 22.1 Å². The van der Waals surface area contributed by atoms with Crippen LogP contribution in [0.4, 0.5) is 0 Å². The van der Waals surface area contributed by atoms with E-state index in [0.717, 1.165) is 10.0 Å². The smallest absolute Gasteiger partial charge is 0.0735 e. The summed E-state index contributed by atoms with van der Waals surface area (Å²) in [7, 11) is 0. The Morgan fingerprint density at radius 1 is 1.50 bits per heavy atom. The van der Waals surface area contributed by atoms with E-state index in [2.05, 4.69) is 20.9 Å². The van der Waals surface area contributed by atoms with Gasteiger partial charge in [-0.25, -0.2) is 0 Å². The normalized spacial score (nSPS) is 10.7. The first kappa shape index (κ1) is 9.68. The Kier molecular flexibility index (Phi) is 3.69. The summed E-state index contributed by atoms with van der Waals surface area (Å²) in [5.74, 6) is 0. The van der Waals surface area contributed by atoms with Gasteiger partial charge in [0.1, 0.15) is 0 Å². The van der Waals surface area contributed by atoms with Crippen molar-refractivity contribution < 1.29 is 4.74 Å². The van der Waals surface area contributed by atoms with Crippen molar-refractivity contribution in [1.82, 2.24) is 4.98 Å². The molecule has 0 aliphatic rings. The average molecular weight is 230 g/mol. The summed E-state index contributed by atoms with van der Waals surface area (Å²) in [4.78, 5) is 4.04. The largest absolute Gasteiger partial charge is 0.374 e. The van der Waals surface area contributed by atoms with Crippen molar-refractivity contribution in [2.24, 2.45) is 0 Å². The van der Waals surface area contributed by atoms with Crippen molar-refractivity contribution in [2.45, 2.75) is 26.6 Å². The van der Waals surface area contributed by atoms with E-state index in [1.165, 1.54) is 0 Å². The molecule has 1 heterocycles. The summed E-state index contributed by atoms with van der Waals surface area (Å²) in [6.45, 7) is 4.67. The highest BCUT2D eigenvalue weighted by atomic mass is 79.9. The second-order valence-corrected chi connectivity index (χ2v) is 3.79. The monoisotopic (exact) mass is 229 g/mol. The van der Waals surface area contributed by atoms with Crippen molar-refractivity contribution in [3.8, 4) is 0 Å². The van der Waals surface area contributed by atoms with Crippen LogP contribution in [-0.2, 0) is 11.3 Å². The van der Waals surface area contributed by atoms with E-state index in [4.69, 9.17) is 4.74 Å². The molecule has 0 atom stereocenters. The zero-order valence-electron chi connectivity index (χ0n) is 7.25.